The van der Waals surface area contributed by atoms with Gasteiger partial charge in [0.25, 0.3) is 5.91 Å². The summed E-state index contributed by atoms with van der Waals surface area (Å²) in [5, 5.41) is 20.8. The Bertz CT molecular complexity index is 784. The molecule has 2 N–H and O–H groups in total. The number of aliphatic carboxylic acids is 1. The summed E-state index contributed by atoms with van der Waals surface area (Å²) in [5.74, 6) is -1.68. The second-order valence-electron chi connectivity index (χ2n) is 5.44. The van der Waals surface area contributed by atoms with Crippen LogP contribution in [-0.2, 0) is 20.7 Å². The largest absolute Gasteiger partial charge is 0.480 e. The molecule has 6 heteroatoms. The fourth-order valence-corrected chi connectivity index (χ4v) is 2.47. The van der Waals surface area contributed by atoms with Gasteiger partial charge in [0.2, 0.25) is 0 Å². The fraction of sp³-hybridized carbons (Fsp3) is 0.211. The molecule has 1 amide bonds. The highest BCUT2D eigenvalue weighted by atomic mass is 16.5. The molecule has 0 bridgehead atoms. The van der Waals surface area contributed by atoms with E-state index in [2.05, 4.69) is 5.32 Å². The Labute approximate surface area is 145 Å². The van der Waals surface area contributed by atoms with Gasteiger partial charge in [0.1, 0.15) is 6.04 Å². The Morgan fingerprint density at radius 3 is 2.52 bits per heavy atom. The van der Waals surface area contributed by atoms with Gasteiger partial charge in [0.05, 0.1) is 11.6 Å². The Morgan fingerprint density at radius 1 is 1.20 bits per heavy atom. The molecule has 128 valence electrons. The van der Waals surface area contributed by atoms with Gasteiger partial charge in [-0.25, -0.2) is 4.79 Å². The van der Waals surface area contributed by atoms with Crippen LogP contribution in [0.25, 0.3) is 0 Å². The van der Waals surface area contributed by atoms with Crippen molar-refractivity contribution in [3.8, 4) is 6.07 Å². The molecule has 2 atom stereocenters. The molecule has 0 aromatic heterocycles. The third-order valence-corrected chi connectivity index (χ3v) is 3.69. The van der Waals surface area contributed by atoms with E-state index >= 15 is 0 Å². The minimum atomic E-state index is -1.15. The summed E-state index contributed by atoms with van der Waals surface area (Å²) in [6, 6.07) is 16.3. The average Bonchev–Trinajstić information content (AvgIpc) is 2.62. The number of nitrogens with zero attached hydrogens (tertiary/aromatic N) is 1. The second-order valence-corrected chi connectivity index (χ2v) is 5.44. The number of ether oxygens (including phenoxy) is 1. The van der Waals surface area contributed by atoms with Gasteiger partial charge in [-0.3, -0.25) is 4.79 Å². The summed E-state index contributed by atoms with van der Waals surface area (Å²) in [6.07, 6.45) is -0.824. The zero-order valence-electron chi connectivity index (χ0n) is 13.7. The van der Waals surface area contributed by atoms with Crippen LogP contribution in [0.2, 0.25) is 0 Å². The number of nitriles is 1. The maximum atomic E-state index is 12.5. The first-order valence-electron chi connectivity index (χ1n) is 7.65. The van der Waals surface area contributed by atoms with Crippen molar-refractivity contribution in [1.82, 2.24) is 5.32 Å². The highest BCUT2D eigenvalue weighted by Gasteiger charge is 2.26. The highest BCUT2D eigenvalue weighted by molar-refractivity contribution is 5.87. The van der Waals surface area contributed by atoms with E-state index in [1.807, 2.05) is 12.1 Å². The number of carbonyl (C=O) groups is 2. The number of amides is 1. The predicted octanol–water partition coefficient (Wildman–Crippen LogP) is 2.06. The van der Waals surface area contributed by atoms with Gasteiger partial charge in [-0.05, 0) is 23.3 Å². The van der Waals surface area contributed by atoms with Crippen LogP contribution in [0.5, 0.6) is 0 Å². The Hall–Kier alpha value is -3.17. The van der Waals surface area contributed by atoms with Gasteiger partial charge >= 0.3 is 5.97 Å². The van der Waals surface area contributed by atoms with Crippen LogP contribution in [0.15, 0.2) is 54.6 Å². The average molecular weight is 338 g/mol. The normalized spacial score (nSPS) is 12.6. The lowest BCUT2D eigenvalue weighted by atomic mass is 10.0. The van der Waals surface area contributed by atoms with Crippen LogP contribution < -0.4 is 5.32 Å². The van der Waals surface area contributed by atoms with Crippen LogP contribution >= 0.6 is 0 Å². The quantitative estimate of drug-likeness (QED) is 0.805. The number of carbonyl (C=O) groups excluding carboxylic acids is 1. The molecule has 0 aliphatic heterocycles. The summed E-state index contributed by atoms with van der Waals surface area (Å²) in [6.45, 7) is 0. The van der Waals surface area contributed by atoms with Gasteiger partial charge in [-0.15, -0.1) is 0 Å². The molecule has 0 heterocycles. The van der Waals surface area contributed by atoms with E-state index in [4.69, 9.17) is 10.00 Å². The fourth-order valence-electron chi connectivity index (χ4n) is 2.47. The first-order chi connectivity index (χ1) is 12.0. The standard InChI is InChI=1S/C19H18N2O4/c1-25-17(15-8-3-2-4-9-15)18(22)21-16(19(23)24)11-13-6-5-7-14(10-13)12-20/h2-10,16-17H,11H2,1H3,(H,21,22)(H,23,24)/t16-,17-/m0/s1. The molecule has 2 aromatic rings. The molecular formula is C19H18N2O4. The lowest BCUT2D eigenvalue weighted by Gasteiger charge is -2.20. The molecule has 0 saturated heterocycles. The van der Waals surface area contributed by atoms with Crippen LogP contribution in [0.4, 0.5) is 0 Å². The molecule has 6 nitrogen and oxygen atoms in total. The van der Waals surface area contributed by atoms with Gasteiger partial charge in [-0.2, -0.15) is 5.26 Å². The number of rotatable bonds is 7. The monoisotopic (exact) mass is 338 g/mol. The lowest BCUT2D eigenvalue weighted by Crippen LogP contribution is -2.44. The zero-order valence-corrected chi connectivity index (χ0v) is 13.7. The van der Waals surface area contributed by atoms with Crippen molar-refractivity contribution in [3.05, 3.63) is 71.3 Å². The topological polar surface area (TPSA) is 99.4 Å². The Kier molecular flexibility index (Phi) is 6.26. The Morgan fingerprint density at radius 2 is 1.92 bits per heavy atom. The minimum Gasteiger partial charge on any atom is -0.480 e. The molecule has 2 rings (SSSR count). The van der Waals surface area contributed by atoms with Crippen LogP contribution in [0.1, 0.15) is 22.8 Å². The summed E-state index contributed by atoms with van der Waals surface area (Å²) >= 11 is 0. The van der Waals surface area contributed by atoms with Crippen molar-refractivity contribution in [3.63, 3.8) is 0 Å². The number of methoxy groups -OCH3 is 1. The highest BCUT2D eigenvalue weighted by Crippen LogP contribution is 2.17. The van der Waals surface area contributed by atoms with Gasteiger partial charge in [0, 0.05) is 13.5 Å². The van der Waals surface area contributed by atoms with Crippen molar-refractivity contribution < 1.29 is 19.4 Å². The van der Waals surface area contributed by atoms with Crippen molar-refractivity contribution in [2.45, 2.75) is 18.6 Å². The number of hydrogen-bond acceptors (Lipinski definition) is 4. The van der Waals surface area contributed by atoms with Crippen molar-refractivity contribution >= 4 is 11.9 Å². The van der Waals surface area contributed by atoms with Gasteiger partial charge in [0.15, 0.2) is 6.10 Å². The van der Waals surface area contributed by atoms with E-state index in [1.54, 1.807) is 48.5 Å². The van der Waals surface area contributed by atoms with Crippen molar-refractivity contribution in [2.24, 2.45) is 0 Å². The molecular weight excluding hydrogens is 320 g/mol. The molecule has 0 aliphatic rings. The minimum absolute atomic E-state index is 0.0712. The first kappa shape index (κ1) is 18.2. The number of benzene rings is 2. The molecule has 0 aliphatic carbocycles. The number of carboxylic acid groups (broad SMARTS) is 1. The maximum Gasteiger partial charge on any atom is 0.326 e. The van der Waals surface area contributed by atoms with E-state index in [9.17, 15) is 14.7 Å². The molecule has 2 aromatic carbocycles. The number of carboxylic acids is 1. The van der Waals surface area contributed by atoms with Crippen LogP contribution in [0, 0.1) is 11.3 Å². The third-order valence-electron chi connectivity index (χ3n) is 3.69. The molecule has 0 fully saturated rings. The predicted molar refractivity (Wildman–Crippen MR) is 90.6 cm³/mol. The van der Waals surface area contributed by atoms with Crippen molar-refractivity contribution in [1.29, 1.82) is 5.26 Å². The molecule has 25 heavy (non-hydrogen) atoms. The van der Waals surface area contributed by atoms with Crippen molar-refractivity contribution in [2.75, 3.05) is 7.11 Å². The smallest absolute Gasteiger partial charge is 0.326 e. The van der Waals surface area contributed by atoms with Gasteiger partial charge in [-0.1, -0.05) is 42.5 Å². The maximum absolute atomic E-state index is 12.5. The van der Waals surface area contributed by atoms with E-state index < -0.39 is 24.0 Å². The molecule has 0 spiro atoms. The number of hydrogen-bond donors (Lipinski definition) is 2. The number of nitrogens with one attached hydrogen (secondary N) is 1. The lowest BCUT2D eigenvalue weighted by molar-refractivity contribution is -0.144. The summed E-state index contributed by atoms with van der Waals surface area (Å²) < 4.78 is 5.22. The van der Waals surface area contributed by atoms with E-state index in [0.29, 0.717) is 16.7 Å². The Balaban J connectivity index is 2.13. The summed E-state index contributed by atoms with van der Waals surface area (Å²) in [5.41, 5.74) is 1.73. The molecule has 0 saturated carbocycles. The van der Waals surface area contributed by atoms with Gasteiger partial charge < -0.3 is 15.2 Å². The zero-order chi connectivity index (χ0) is 18.2. The first-order valence-corrected chi connectivity index (χ1v) is 7.65. The second kappa shape index (κ2) is 8.62. The van der Waals surface area contributed by atoms with E-state index in [-0.39, 0.29) is 6.42 Å². The van der Waals surface area contributed by atoms with E-state index in [0.717, 1.165) is 0 Å². The molecule has 0 unspecified atom stereocenters. The van der Waals surface area contributed by atoms with Crippen LogP contribution in [-0.4, -0.2) is 30.1 Å². The SMILES string of the molecule is CO[C@H](C(=O)N[C@@H](Cc1cccc(C#N)c1)C(=O)O)c1ccccc1. The summed E-state index contributed by atoms with van der Waals surface area (Å²) in [4.78, 5) is 24.0. The van der Waals surface area contributed by atoms with Crippen LogP contribution in [0.3, 0.4) is 0 Å². The molecule has 0 radical (unpaired) electrons. The summed E-state index contributed by atoms with van der Waals surface area (Å²) in [7, 11) is 1.39. The van der Waals surface area contributed by atoms with E-state index in [1.165, 1.54) is 7.11 Å². The third kappa shape index (κ3) is 4.90.